The molecule has 0 atom stereocenters. The van der Waals surface area contributed by atoms with E-state index in [1.165, 1.54) is 0 Å². The van der Waals surface area contributed by atoms with Crippen LogP contribution in [0.5, 0.6) is 0 Å². The van der Waals surface area contributed by atoms with Crippen molar-refractivity contribution in [3.05, 3.63) is 39.0 Å². The van der Waals surface area contributed by atoms with Crippen molar-refractivity contribution in [2.24, 2.45) is 0 Å². The van der Waals surface area contributed by atoms with Crippen LogP contribution >= 0.6 is 39.1 Å². The van der Waals surface area contributed by atoms with Crippen LogP contribution < -0.4 is 0 Å². The van der Waals surface area contributed by atoms with Gasteiger partial charge in [-0.25, -0.2) is 4.98 Å². The molecular formula is C9H4BrCl2N. The van der Waals surface area contributed by atoms with E-state index in [1.54, 1.807) is 12.3 Å². The monoisotopic (exact) mass is 275 g/mol. The Labute approximate surface area is 93.8 Å². The van der Waals surface area contributed by atoms with Crippen LogP contribution in [0.1, 0.15) is 0 Å². The van der Waals surface area contributed by atoms with Gasteiger partial charge in [-0.1, -0.05) is 23.2 Å². The zero-order valence-electron chi connectivity index (χ0n) is 6.39. The Morgan fingerprint density at radius 1 is 1.15 bits per heavy atom. The van der Waals surface area contributed by atoms with Gasteiger partial charge >= 0.3 is 0 Å². The molecule has 0 aliphatic heterocycles. The molecule has 0 aliphatic rings. The lowest BCUT2D eigenvalue weighted by Crippen LogP contribution is -1.80. The van der Waals surface area contributed by atoms with Crippen LogP contribution in [0.2, 0.25) is 10.0 Å². The molecule has 0 N–H and O–H groups in total. The number of hydrogen-bond acceptors (Lipinski definition) is 1. The van der Waals surface area contributed by atoms with Crippen LogP contribution in [0, 0.1) is 0 Å². The van der Waals surface area contributed by atoms with Gasteiger partial charge in [-0.05, 0) is 34.1 Å². The first-order valence-electron chi connectivity index (χ1n) is 3.58. The fraction of sp³-hybridized carbons (Fsp3) is 0. The van der Waals surface area contributed by atoms with Gasteiger partial charge in [-0.2, -0.15) is 0 Å². The van der Waals surface area contributed by atoms with Gasteiger partial charge in [0.2, 0.25) is 0 Å². The van der Waals surface area contributed by atoms with Crippen molar-refractivity contribution in [1.82, 2.24) is 4.98 Å². The zero-order chi connectivity index (χ0) is 9.42. The fourth-order valence-electron chi connectivity index (χ4n) is 1.17. The molecule has 0 aliphatic carbocycles. The van der Waals surface area contributed by atoms with E-state index in [-0.39, 0.29) is 0 Å². The van der Waals surface area contributed by atoms with Crippen LogP contribution in [-0.4, -0.2) is 4.98 Å². The number of rotatable bonds is 0. The van der Waals surface area contributed by atoms with E-state index in [1.807, 2.05) is 12.1 Å². The second-order valence-corrected chi connectivity index (χ2v) is 4.18. The zero-order valence-corrected chi connectivity index (χ0v) is 9.49. The van der Waals surface area contributed by atoms with Gasteiger partial charge in [0, 0.05) is 22.0 Å². The Balaban J connectivity index is 2.94. The Hall–Kier alpha value is -0.310. The summed E-state index contributed by atoms with van der Waals surface area (Å²) in [5, 5.41) is 3.14. The van der Waals surface area contributed by atoms with E-state index in [2.05, 4.69) is 20.9 Å². The second-order valence-electron chi connectivity index (χ2n) is 2.58. The SMILES string of the molecule is Clc1cc(Cl)c2ccnc(Br)c2c1. The van der Waals surface area contributed by atoms with E-state index >= 15 is 0 Å². The van der Waals surface area contributed by atoms with E-state index in [0.717, 1.165) is 15.4 Å². The summed E-state index contributed by atoms with van der Waals surface area (Å²) in [6.07, 6.45) is 1.70. The maximum Gasteiger partial charge on any atom is 0.113 e. The molecule has 0 bridgehead atoms. The lowest BCUT2D eigenvalue weighted by atomic mass is 10.2. The molecule has 13 heavy (non-hydrogen) atoms. The van der Waals surface area contributed by atoms with Crippen LogP contribution in [-0.2, 0) is 0 Å². The van der Waals surface area contributed by atoms with Crippen molar-refractivity contribution < 1.29 is 0 Å². The summed E-state index contributed by atoms with van der Waals surface area (Å²) in [5.41, 5.74) is 0. The minimum atomic E-state index is 0.617. The summed E-state index contributed by atoms with van der Waals surface area (Å²) in [5.74, 6) is 0. The van der Waals surface area contributed by atoms with Gasteiger partial charge in [-0.15, -0.1) is 0 Å². The predicted molar refractivity (Wildman–Crippen MR) is 59.5 cm³/mol. The molecule has 2 aromatic rings. The van der Waals surface area contributed by atoms with Crippen LogP contribution in [0.15, 0.2) is 29.0 Å². The molecular weight excluding hydrogens is 273 g/mol. The number of nitrogens with zero attached hydrogens (tertiary/aromatic N) is 1. The Morgan fingerprint density at radius 3 is 2.69 bits per heavy atom. The average molecular weight is 277 g/mol. The summed E-state index contributed by atoms with van der Waals surface area (Å²) in [7, 11) is 0. The summed E-state index contributed by atoms with van der Waals surface area (Å²) < 4.78 is 0.759. The Morgan fingerprint density at radius 2 is 1.92 bits per heavy atom. The van der Waals surface area contributed by atoms with Crippen molar-refractivity contribution >= 4 is 49.9 Å². The summed E-state index contributed by atoms with van der Waals surface area (Å²) in [4.78, 5) is 4.09. The van der Waals surface area contributed by atoms with Crippen LogP contribution in [0.4, 0.5) is 0 Å². The van der Waals surface area contributed by atoms with Gasteiger partial charge in [0.1, 0.15) is 4.60 Å². The van der Waals surface area contributed by atoms with E-state index in [0.29, 0.717) is 10.0 Å². The smallest absolute Gasteiger partial charge is 0.113 e. The molecule has 0 unspecified atom stereocenters. The third-order valence-electron chi connectivity index (χ3n) is 1.75. The van der Waals surface area contributed by atoms with Gasteiger partial charge in [0.25, 0.3) is 0 Å². The lowest BCUT2D eigenvalue weighted by Gasteiger charge is -2.02. The number of aromatic nitrogens is 1. The topological polar surface area (TPSA) is 12.9 Å². The molecule has 66 valence electrons. The highest BCUT2D eigenvalue weighted by atomic mass is 79.9. The van der Waals surface area contributed by atoms with E-state index < -0.39 is 0 Å². The number of fused-ring (bicyclic) bond motifs is 1. The molecule has 0 saturated heterocycles. The third-order valence-corrected chi connectivity index (χ3v) is 2.91. The number of pyridine rings is 1. The predicted octanol–water partition coefficient (Wildman–Crippen LogP) is 4.30. The first-order valence-corrected chi connectivity index (χ1v) is 5.12. The van der Waals surface area contributed by atoms with Crippen molar-refractivity contribution in [1.29, 1.82) is 0 Å². The highest BCUT2D eigenvalue weighted by molar-refractivity contribution is 9.10. The standard InChI is InChI=1S/C9H4BrCl2N/c10-9-7-3-5(11)4-8(12)6(7)1-2-13-9/h1-4H. The van der Waals surface area contributed by atoms with E-state index in [4.69, 9.17) is 23.2 Å². The molecule has 0 saturated carbocycles. The maximum absolute atomic E-state index is 6.00. The Kier molecular flexibility index (Phi) is 2.45. The summed E-state index contributed by atoms with van der Waals surface area (Å²) in [6, 6.07) is 5.41. The van der Waals surface area contributed by atoms with Gasteiger partial charge in [0.15, 0.2) is 0 Å². The highest BCUT2D eigenvalue weighted by Gasteiger charge is 2.04. The molecule has 0 radical (unpaired) electrons. The highest BCUT2D eigenvalue weighted by Crippen LogP contribution is 2.30. The molecule has 1 heterocycles. The molecule has 2 rings (SSSR count). The Bertz CT molecular complexity index is 470. The largest absolute Gasteiger partial charge is 0.249 e. The quantitative estimate of drug-likeness (QED) is 0.654. The molecule has 1 aromatic carbocycles. The second kappa shape index (κ2) is 3.45. The molecule has 0 fully saturated rings. The van der Waals surface area contributed by atoms with Crippen molar-refractivity contribution in [3.63, 3.8) is 0 Å². The fourth-order valence-corrected chi connectivity index (χ4v) is 2.17. The van der Waals surface area contributed by atoms with Gasteiger partial charge < -0.3 is 0 Å². The van der Waals surface area contributed by atoms with Crippen molar-refractivity contribution in [2.45, 2.75) is 0 Å². The number of benzene rings is 1. The molecule has 0 spiro atoms. The van der Waals surface area contributed by atoms with Crippen molar-refractivity contribution in [2.75, 3.05) is 0 Å². The van der Waals surface area contributed by atoms with E-state index in [9.17, 15) is 0 Å². The summed E-state index contributed by atoms with van der Waals surface area (Å²) in [6.45, 7) is 0. The molecule has 1 nitrogen and oxygen atoms in total. The number of hydrogen-bond donors (Lipinski definition) is 0. The lowest BCUT2D eigenvalue weighted by molar-refractivity contribution is 1.31. The summed E-state index contributed by atoms with van der Waals surface area (Å²) >= 11 is 15.2. The van der Waals surface area contributed by atoms with Crippen molar-refractivity contribution in [3.8, 4) is 0 Å². The minimum Gasteiger partial charge on any atom is -0.249 e. The first-order chi connectivity index (χ1) is 6.18. The van der Waals surface area contributed by atoms with Crippen LogP contribution in [0.25, 0.3) is 10.8 Å². The normalized spacial score (nSPS) is 10.7. The molecule has 0 amide bonds. The van der Waals surface area contributed by atoms with Gasteiger partial charge in [0.05, 0.1) is 5.02 Å². The average Bonchev–Trinajstić information content (AvgIpc) is 2.07. The number of halogens is 3. The maximum atomic E-state index is 6.00. The molecule has 4 heteroatoms. The third kappa shape index (κ3) is 1.66. The molecule has 1 aromatic heterocycles. The minimum absolute atomic E-state index is 0.617. The first kappa shape index (κ1) is 9.25. The van der Waals surface area contributed by atoms with Crippen LogP contribution in [0.3, 0.4) is 0 Å². The van der Waals surface area contributed by atoms with Gasteiger partial charge in [-0.3, -0.25) is 0 Å².